The third-order valence-corrected chi connectivity index (χ3v) is 2.77. The zero-order valence-corrected chi connectivity index (χ0v) is 10.4. The highest BCUT2D eigenvalue weighted by Crippen LogP contribution is 2.34. The van der Waals surface area contributed by atoms with E-state index in [0.717, 1.165) is 6.07 Å². The van der Waals surface area contributed by atoms with Gasteiger partial charge in [0.05, 0.1) is 15.7 Å². The molecule has 6 heteroatoms. The molecule has 0 bridgehead atoms. The molecule has 0 aromatic heterocycles. The van der Waals surface area contributed by atoms with Gasteiger partial charge in [-0.05, 0) is 12.1 Å². The molecule has 0 amide bonds. The molecule has 2 aromatic carbocycles. The standard InChI is InChI=1S/C12H7Cl2F2NO/c13-6-2-1-3-10(12(6)16)18-11-4-7(14)8(15)5-9(11)17/h1-5H,17H2. The molecule has 2 aromatic rings. The SMILES string of the molecule is Nc1cc(F)c(Cl)cc1Oc1cccc(Cl)c1F. The van der Waals surface area contributed by atoms with Crippen molar-refractivity contribution in [1.29, 1.82) is 0 Å². The van der Waals surface area contributed by atoms with E-state index in [2.05, 4.69) is 0 Å². The predicted octanol–water partition coefficient (Wildman–Crippen LogP) is 4.65. The van der Waals surface area contributed by atoms with Crippen molar-refractivity contribution in [3.63, 3.8) is 0 Å². The molecule has 18 heavy (non-hydrogen) atoms. The van der Waals surface area contributed by atoms with Crippen molar-refractivity contribution in [1.82, 2.24) is 0 Å². The van der Waals surface area contributed by atoms with E-state index in [-0.39, 0.29) is 27.2 Å². The summed E-state index contributed by atoms with van der Waals surface area (Å²) >= 11 is 11.2. The Labute approximate surface area is 112 Å². The van der Waals surface area contributed by atoms with Gasteiger partial charge in [-0.15, -0.1) is 0 Å². The van der Waals surface area contributed by atoms with Crippen molar-refractivity contribution in [2.24, 2.45) is 0 Å². The molecule has 0 radical (unpaired) electrons. The summed E-state index contributed by atoms with van der Waals surface area (Å²) in [6, 6.07) is 6.44. The molecule has 0 aliphatic heterocycles. The van der Waals surface area contributed by atoms with E-state index >= 15 is 0 Å². The number of benzene rings is 2. The number of hydrogen-bond donors (Lipinski definition) is 1. The Hall–Kier alpha value is -1.52. The monoisotopic (exact) mass is 289 g/mol. The highest BCUT2D eigenvalue weighted by molar-refractivity contribution is 6.31. The van der Waals surface area contributed by atoms with Crippen LogP contribution < -0.4 is 10.5 Å². The Morgan fingerprint density at radius 2 is 1.72 bits per heavy atom. The van der Waals surface area contributed by atoms with E-state index < -0.39 is 11.6 Å². The van der Waals surface area contributed by atoms with E-state index in [0.29, 0.717) is 0 Å². The van der Waals surface area contributed by atoms with E-state index in [1.165, 1.54) is 24.3 Å². The zero-order chi connectivity index (χ0) is 13.3. The maximum absolute atomic E-state index is 13.6. The summed E-state index contributed by atoms with van der Waals surface area (Å²) in [7, 11) is 0. The van der Waals surface area contributed by atoms with Crippen LogP contribution in [0.4, 0.5) is 14.5 Å². The van der Waals surface area contributed by atoms with Crippen LogP contribution in [0.1, 0.15) is 0 Å². The Kier molecular flexibility index (Phi) is 3.59. The molecular weight excluding hydrogens is 283 g/mol. The third-order valence-electron chi connectivity index (χ3n) is 2.19. The summed E-state index contributed by atoms with van der Waals surface area (Å²) in [6.07, 6.45) is 0. The van der Waals surface area contributed by atoms with Crippen molar-refractivity contribution >= 4 is 28.9 Å². The number of halogens is 4. The first-order valence-electron chi connectivity index (χ1n) is 4.85. The minimum Gasteiger partial charge on any atom is -0.452 e. The van der Waals surface area contributed by atoms with Crippen LogP contribution in [0.15, 0.2) is 30.3 Å². The molecule has 2 N–H and O–H groups in total. The van der Waals surface area contributed by atoms with Crippen molar-refractivity contribution in [3.05, 3.63) is 52.0 Å². The Morgan fingerprint density at radius 3 is 2.44 bits per heavy atom. The zero-order valence-electron chi connectivity index (χ0n) is 8.88. The van der Waals surface area contributed by atoms with Crippen LogP contribution in [0.3, 0.4) is 0 Å². The van der Waals surface area contributed by atoms with Crippen molar-refractivity contribution in [2.45, 2.75) is 0 Å². The first kappa shape index (κ1) is 12.9. The summed E-state index contributed by atoms with van der Waals surface area (Å²) < 4.78 is 31.9. The maximum Gasteiger partial charge on any atom is 0.184 e. The molecule has 0 fully saturated rings. The van der Waals surface area contributed by atoms with Gasteiger partial charge in [-0.1, -0.05) is 29.3 Å². The van der Waals surface area contributed by atoms with Gasteiger partial charge in [0.15, 0.2) is 17.3 Å². The minimum absolute atomic E-state index is 0.0104. The van der Waals surface area contributed by atoms with Crippen molar-refractivity contribution in [2.75, 3.05) is 5.73 Å². The second kappa shape index (κ2) is 5.00. The summed E-state index contributed by atoms with van der Waals surface area (Å²) in [5, 5.41) is -0.249. The summed E-state index contributed by atoms with van der Waals surface area (Å²) in [4.78, 5) is 0. The lowest BCUT2D eigenvalue weighted by atomic mass is 10.3. The first-order chi connectivity index (χ1) is 8.49. The highest BCUT2D eigenvalue weighted by atomic mass is 35.5. The van der Waals surface area contributed by atoms with Crippen molar-refractivity contribution in [3.8, 4) is 11.5 Å². The van der Waals surface area contributed by atoms with Gasteiger partial charge in [0, 0.05) is 12.1 Å². The van der Waals surface area contributed by atoms with Crippen LogP contribution in [0.5, 0.6) is 11.5 Å². The normalized spacial score (nSPS) is 10.4. The van der Waals surface area contributed by atoms with Crippen LogP contribution in [-0.4, -0.2) is 0 Å². The molecule has 0 saturated heterocycles. The molecule has 0 spiro atoms. The lowest BCUT2D eigenvalue weighted by molar-refractivity contribution is 0.443. The van der Waals surface area contributed by atoms with E-state index in [1.54, 1.807) is 0 Å². The van der Waals surface area contributed by atoms with Gasteiger partial charge >= 0.3 is 0 Å². The predicted molar refractivity (Wildman–Crippen MR) is 67.3 cm³/mol. The Balaban J connectivity index is 2.40. The van der Waals surface area contributed by atoms with Crippen molar-refractivity contribution < 1.29 is 13.5 Å². The lowest BCUT2D eigenvalue weighted by Gasteiger charge is -2.10. The number of nitrogen functional groups attached to an aromatic ring is 1. The van der Waals surface area contributed by atoms with Gasteiger partial charge in [0.1, 0.15) is 5.82 Å². The number of ether oxygens (including phenoxy) is 1. The van der Waals surface area contributed by atoms with Gasteiger partial charge in [0.25, 0.3) is 0 Å². The summed E-state index contributed by atoms with van der Waals surface area (Å²) in [6.45, 7) is 0. The molecule has 0 heterocycles. The fraction of sp³-hybridized carbons (Fsp3) is 0. The highest BCUT2D eigenvalue weighted by Gasteiger charge is 2.12. The summed E-state index contributed by atoms with van der Waals surface area (Å²) in [5.74, 6) is -1.45. The van der Waals surface area contributed by atoms with Gasteiger partial charge in [0.2, 0.25) is 0 Å². The molecule has 0 aliphatic carbocycles. The molecule has 2 nitrogen and oxygen atoms in total. The van der Waals surface area contributed by atoms with Crippen LogP contribution in [-0.2, 0) is 0 Å². The largest absolute Gasteiger partial charge is 0.452 e. The molecule has 0 aliphatic rings. The molecule has 94 valence electrons. The molecule has 2 rings (SSSR count). The van der Waals surface area contributed by atoms with E-state index in [4.69, 9.17) is 33.7 Å². The molecular formula is C12H7Cl2F2NO. The number of rotatable bonds is 2. The smallest absolute Gasteiger partial charge is 0.184 e. The van der Waals surface area contributed by atoms with Crippen LogP contribution in [0.2, 0.25) is 10.0 Å². The second-order valence-corrected chi connectivity index (χ2v) is 4.27. The molecule has 0 saturated carbocycles. The quantitative estimate of drug-likeness (QED) is 0.817. The summed E-state index contributed by atoms with van der Waals surface area (Å²) in [5.41, 5.74) is 5.56. The van der Waals surface area contributed by atoms with Crippen LogP contribution in [0, 0.1) is 11.6 Å². The number of hydrogen-bond acceptors (Lipinski definition) is 2. The minimum atomic E-state index is -0.723. The Morgan fingerprint density at radius 1 is 1.00 bits per heavy atom. The van der Waals surface area contributed by atoms with Gasteiger partial charge < -0.3 is 10.5 Å². The maximum atomic E-state index is 13.6. The third kappa shape index (κ3) is 2.49. The fourth-order valence-corrected chi connectivity index (χ4v) is 1.63. The van der Waals surface area contributed by atoms with Gasteiger partial charge in [-0.25, -0.2) is 8.78 Å². The molecule has 0 atom stereocenters. The van der Waals surface area contributed by atoms with Crippen LogP contribution in [0.25, 0.3) is 0 Å². The fourth-order valence-electron chi connectivity index (χ4n) is 1.31. The average Bonchev–Trinajstić information content (AvgIpc) is 2.32. The van der Waals surface area contributed by atoms with Crippen LogP contribution >= 0.6 is 23.2 Å². The van der Waals surface area contributed by atoms with Gasteiger partial charge in [-0.2, -0.15) is 0 Å². The Bertz CT molecular complexity index is 605. The van der Waals surface area contributed by atoms with E-state index in [9.17, 15) is 8.78 Å². The van der Waals surface area contributed by atoms with E-state index in [1.807, 2.05) is 0 Å². The second-order valence-electron chi connectivity index (χ2n) is 3.46. The topological polar surface area (TPSA) is 35.2 Å². The number of anilines is 1. The first-order valence-corrected chi connectivity index (χ1v) is 5.61. The van der Waals surface area contributed by atoms with Gasteiger partial charge in [-0.3, -0.25) is 0 Å². The average molecular weight is 290 g/mol. The molecule has 0 unspecified atom stereocenters. The number of nitrogens with two attached hydrogens (primary N) is 1. The lowest BCUT2D eigenvalue weighted by Crippen LogP contribution is -1.95.